The Bertz CT molecular complexity index is 194. The van der Waals surface area contributed by atoms with Crippen LogP contribution in [-0.2, 0) is 0 Å². The van der Waals surface area contributed by atoms with Crippen LogP contribution in [0.25, 0.3) is 0 Å². The number of nitrogens with zero attached hydrogens (tertiary/aromatic N) is 1. The second kappa shape index (κ2) is 6.76. The van der Waals surface area contributed by atoms with Crippen LogP contribution in [0.2, 0.25) is 0 Å². The van der Waals surface area contributed by atoms with E-state index >= 15 is 0 Å². The number of aliphatic imine (C=N–C) groups is 1. The fourth-order valence-electron chi connectivity index (χ4n) is 0.821. The zero-order valence-corrected chi connectivity index (χ0v) is 10.2. The van der Waals surface area contributed by atoms with Crippen LogP contribution in [0.5, 0.6) is 0 Å². The molecule has 4 heteroatoms. The van der Waals surface area contributed by atoms with Crippen LogP contribution >= 0.6 is 11.8 Å². The molecule has 0 amide bonds. The molecule has 0 aliphatic rings. The van der Waals surface area contributed by atoms with Gasteiger partial charge >= 0.3 is 0 Å². The van der Waals surface area contributed by atoms with Gasteiger partial charge in [0.25, 0.3) is 0 Å². The van der Waals surface area contributed by atoms with Crippen LogP contribution in [0.4, 0.5) is 0 Å². The molecule has 0 saturated carbocycles. The lowest BCUT2D eigenvalue weighted by Gasteiger charge is -2.20. The Balaban J connectivity index is 3.61. The number of nitrogens with one attached hydrogen (secondary N) is 1. The molecule has 0 radical (unpaired) electrons. The SMILES string of the molecule is C=CCSCCN=C(N)NC(C)(C)C. The second-order valence-corrected chi connectivity index (χ2v) is 5.16. The van der Waals surface area contributed by atoms with Gasteiger partial charge in [-0.05, 0) is 20.8 Å². The minimum Gasteiger partial charge on any atom is -0.370 e. The minimum absolute atomic E-state index is 0.0121. The van der Waals surface area contributed by atoms with E-state index in [0.717, 1.165) is 18.1 Å². The van der Waals surface area contributed by atoms with Gasteiger partial charge in [0.15, 0.2) is 5.96 Å². The molecule has 0 saturated heterocycles. The molecule has 0 heterocycles. The molecule has 0 spiro atoms. The van der Waals surface area contributed by atoms with Crippen molar-refractivity contribution >= 4 is 17.7 Å². The number of nitrogens with two attached hydrogens (primary N) is 1. The molecule has 0 rings (SSSR count). The largest absolute Gasteiger partial charge is 0.370 e. The number of hydrogen-bond acceptors (Lipinski definition) is 2. The van der Waals surface area contributed by atoms with E-state index in [1.54, 1.807) is 11.8 Å². The molecule has 3 nitrogen and oxygen atoms in total. The van der Waals surface area contributed by atoms with Gasteiger partial charge in [0.05, 0.1) is 6.54 Å². The molecule has 0 aliphatic carbocycles. The third kappa shape index (κ3) is 9.45. The topological polar surface area (TPSA) is 50.4 Å². The highest BCUT2D eigenvalue weighted by atomic mass is 32.2. The Morgan fingerprint density at radius 3 is 2.71 bits per heavy atom. The first-order chi connectivity index (χ1) is 6.45. The van der Waals surface area contributed by atoms with Gasteiger partial charge < -0.3 is 11.1 Å². The van der Waals surface area contributed by atoms with E-state index in [4.69, 9.17) is 5.73 Å². The number of thioether (sulfide) groups is 1. The molecule has 3 N–H and O–H groups in total. The highest BCUT2D eigenvalue weighted by Gasteiger charge is 2.09. The summed E-state index contributed by atoms with van der Waals surface area (Å²) >= 11 is 1.80. The average molecular weight is 215 g/mol. The van der Waals surface area contributed by atoms with Gasteiger partial charge in [0.2, 0.25) is 0 Å². The number of guanidine groups is 1. The maximum atomic E-state index is 5.68. The van der Waals surface area contributed by atoms with Crippen molar-refractivity contribution in [3.63, 3.8) is 0 Å². The van der Waals surface area contributed by atoms with Crippen molar-refractivity contribution in [2.45, 2.75) is 26.3 Å². The molecule has 0 atom stereocenters. The van der Waals surface area contributed by atoms with Crippen LogP contribution < -0.4 is 11.1 Å². The highest BCUT2D eigenvalue weighted by molar-refractivity contribution is 7.99. The molecule has 0 aromatic rings. The van der Waals surface area contributed by atoms with Crippen molar-refractivity contribution in [2.75, 3.05) is 18.1 Å². The standard InChI is InChI=1S/C10H21N3S/c1-5-7-14-8-6-12-9(11)13-10(2,3)4/h5H,1,6-8H2,2-4H3,(H3,11,12,13). The van der Waals surface area contributed by atoms with Gasteiger partial charge in [-0.1, -0.05) is 6.08 Å². The van der Waals surface area contributed by atoms with Crippen molar-refractivity contribution in [1.82, 2.24) is 5.32 Å². The van der Waals surface area contributed by atoms with Crippen molar-refractivity contribution in [3.8, 4) is 0 Å². The van der Waals surface area contributed by atoms with E-state index in [9.17, 15) is 0 Å². The fourth-order valence-corrected chi connectivity index (χ4v) is 1.37. The van der Waals surface area contributed by atoms with Gasteiger partial charge in [-0.3, -0.25) is 4.99 Å². The Hall–Kier alpha value is -0.640. The van der Waals surface area contributed by atoms with Gasteiger partial charge in [-0.15, -0.1) is 6.58 Å². The van der Waals surface area contributed by atoms with E-state index in [1.807, 2.05) is 6.08 Å². The molecule has 0 unspecified atom stereocenters. The van der Waals surface area contributed by atoms with Gasteiger partial charge in [-0.25, -0.2) is 0 Å². The van der Waals surface area contributed by atoms with Gasteiger partial charge in [0.1, 0.15) is 0 Å². The first-order valence-electron chi connectivity index (χ1n) is 4.72. The lowest BCUT2D eigenvalue weighted by Crippen LogP contribution is -2.45. The Labute approximate surface area is 91.2 Å². The molecular weight excluding hydrogens is 194 g/mol. The second-order valence-electron chi connectivity index (χ2n) is 4.01. The zero-order chi connectivity index (χ0) is 11.0. The summed E-state index contributed by atoms with van der Waals surface area (Å²) in [5.74, 6) is 2.48. The smallest absolute Gasteiger partial charge is 0.189 e. The average Bonchev–Trinajstić information content (AvgIpc) is 2.00. The van der Waals surface area contributed by atoms with Crippen LogP contribution in [-0.4, -0.2) is 29.5 Å². The van der Waals surface area contributed by atoms with E-state index in [-0.39, 0.29) is 5.54 Å². The van der Waals surface area contributed by atoms with Crippen LogP contribution in [0.3, 0.4) is 0 Å². The number of rotatable bonds is 5. The lowest BCUT2D eigenvalue weighted by molar-refractivity contribution is 0.508. The summed E-state index contributed by atoms with van der Waals surface area (Å²) in [5.41, 5.74) is 5.67. The zero-order valence-electron chi connectivity index (χ0n) is 9.34. The van der Waals surface area contributed by atoms with Gasteiger partial charge in [0, 0.05) is 17.0 Å². The number of hydrogen-bond donors (Lipinski definition) is 2. The molecule has 0 aliphatic heterocycles. The monoisotopic (exact) mass is 215 g/mol. The summed E-state index contributed by atoms with van der Waals surface area (Å²) in [7, 11) is 0. The summed E-state index contributed by atoms with van der Waals surface area (Å²) < 4.78 is 0. The van der Waals surface area contributed by atoms with E-state index < -0.39 is 0 Å². The predicted octanol–water partition coefficient (Wildman–Crippen LogP) is 1.61. The third-order valence-electron chi connectivity index (χ3n) is 1.26. The summed E-state index contributed by atoms with van der Waals surface area (Å²) in [6.45, 7) is 10.6. The summed E-state index contributed by atoms with van der Waals surface area (Å²) in [6.07, 6.45) is 1.89. The van der Waals surface area contributed by atoms with Crippen molar-refractivity contribution in [1.29, 1.82) is 0 Å². The van der Waals surface area contributed by atoms with Crippen LogP contribution in [0.15, 0.2) is 17.6 Å². The minimum atomic E-state index is -0.0121. The first-order valence-corrected chi connectivity index (χ1v) is 5.88. The lowest BCUT2D eigenvalue weighted by atomic mass is 10.1. The first kappa shape index (κ1) is 13.4. The fraction of sp³-hybridized carbons (Fsp3) is 0.700. The molecule has 14 heavy (non-hydrogen) atoms. The van der Waals surface area contributed by atoms with Crippen molar-refractivity contribution < 1.29 is 0 Å². The van der Waals surface area contributed by atoms with Crippen LogP contribution in [0, 0.1) is 0 Å². The molecule has 0 bridgehead atoms. The maximum absolute atomic E-state index is 5.68. The molecule has 0 aromatic carbocycles. The molecular formula is C10H21N3S. The summed E-state index contributed by atoms with van der Waals surface area (Å²) in [6, 6.07) is 0. The highest BCUT2D eigenvalue weighted by Crippen LogP contribution is 1.99. The Morgan fingerprint density at radius 1 is 1.57 bits per heavy atom. The van der Waals surface area contributed by atoms with Gasteiger partial charge in [-0.2, -0.15) is 11.8 Å². The quantitative estimate of drug-likeness (QED) is 0.317. The van der Waals surface area contributed by atoms with E-state index in [1.165, 1.54) is 0 Å². The summed E-state index contributed by atoms with van der Waals surface area (Å²) in [4.78, 5) is 4.21. The maximum Gasteiger partial charge on any atom is 0.189 e. The Morgan fingerprint density at radius 2 is 2.21 bits per heavy atom. The predicted molar refractivity (Wildman–Crippen MR) is 66.9 cm³/mol. The van der Waals surface area contributed by atoms with Crippen LogP contribution in [0.1, 0.15) is 20.8 Å². The molecule has 0 fully saturated rings. The third-order valence-corrected chi connectivity index (χ3v) is 2.20. The van der Waals surface area contributed by atoms with Crippen molar-refractivity contribution in [2.24, 2.45) is 10.7 Å². The molecule has 0 aromatic heterocycles. The summed E-state index contributed by atoms with van der Waals surface area (Å²) in [5, 5.41) is 3.11. The Kier molecular flexibility index (Phi) is 6.45. The molecule has 82 valence electrons. The van der Waals surface area contributed by atoms with E-state index in [2.05, 4.69) is 37.7 Å². The normalized spacial score (nSPS) is 12.6. The van der Waals surface area contributed by atoms with Crippen molar-refractivity contribution in [3.05, 3.63) is 12.7 Å². The van der Waals surface area contributed by atoms with E-state index in [0.29, 0.717) is 5.96 Å².